The van der Waals surface area contributed by atoms with E-state index in [0.29, 0.717) is 0 Å². The topological polar surface area (TPSA) is 54.9 Å². The Morgan fingerprint density at radius 1 is 1.22 bits per heavy atom. The normalized spacial score (nSPS) is 9.17. The minimum atomic E-state index is -0.463. The Bertz CT molecular complexity index is 617. The van der Waals surface area contributed by atoms with Crippen LogP contribution in [0.4, 0.5) is 5.82 Å². The molecule has 0 bridgehead atoms. The summed E-state index contributed by atoms with van der Waals surface area (Å²) in [5.41, 5.74) is 0.768. The van der Waals surface area contributed by atoms with Crippen molar-refractivity contribution in [3.63, 3.8) is 0 Å². The van der Waals surface area contributed by atoms with E-state index >= 15 is 0 Å². The van der Waals surface area contributed by atoms with E-state index in [1.54, 1.807) is 0 Å². The summed E-state index contributed by atoms with van der Waals surface area (Å²) in [6.07, 6.45) is 2.78. The molecule has 0 unspecified atom stereocenters. The van der Waals surface area contributed by atoms with Gasteiger partial charge in [0, 0.05) is 11.5 Å². The predicted molar refractivity (Wildman–Crippen MR) is 69.0 cm³/mol. The number of hydrogen-bond acceptors (Lipinski definition) is 3. The third kappa shape index (κ3) is 3.58. The predicted octanol–water partition coefficient (Wildman–Crippen LogP) is 2.12. The summed E-state index contributed by atoms with van der Waals surface area (Å²) < 4.78 is 0. The van der Waals surface area contributed by atoms with E-state index < -0.39 is 5.91 Å². The van der Waals surface area contributed by atoms with Crippen molar-refractivity contribution in [1.29, 1.82) is 0 Å². The number of anilines is 1. The number of halogens is 1. The second-order valence-electron chi connectivity index (χ2n) is 3.30. The first-order valence-corrected chi connectivity index (χ1v) is 5.47. The van der Waals surface area contributed by atoms with Crippen molar-refractivity contribution in [3.8, 4) is 11.8 Å². The largest absolute Gasteiger partial charge is 0.301 e. The Labute approximate surface area is 109 Å². The molecular weight excluding hydrogens is 250 g/mol. The Balaban J connectivity index is 2.04. The average Bonchev–Trinajstić information content (AvgIpc) is 2.38. The molecule has 1 amide bonds. The van der Waals surface area contributed by atoms with Crippen molar-refractivity contribution in [3.05, 3.63) is 53.4 Å². The van der Waals surface area contributed by atoms with Gasteiger partial charge in [-0.15, -0.1) is 0 Å². The van der Waals surface area contributed by atoms with Crippen molar-refractivity contribution in [2.75, 3.05) is 5.32 Å². The van der Waals surface area contributed by atoms with Gasteiger partial charge in [0.25, 0.3) is 0 Å². The van der Waals surface area contributed by atoms with E-state index in [1.807, 2.05) is 30.3 Å². The van der Waals surface area contributed by atoms with E-state index in [4.69, 9.17) is 11.6 Å². The van der Waals surface area contributed by atoms with Gasteiger partial charge in [-0.1, -0.05) is 35.7 Å². The molecule has 5 heteroatoms. The van der Waals surface area contributed by atoms with Gasteiger partial charge in [-0.05, 0) is 12.1 Å². The fourth-order valence-corrected chi connectivity index (χ4v) is 1.35. The summed E-state index contributed by atoms with van der Waals surface area (Å²) in [6.45, 7) is 0. The van der Waals surface area contributed by atoms with E-state index in [9.17, 15) is 4.79 Å². The molecule has 1 aromatic carbocycles. The Morgan fingerprint density at radius 2 is 2.00 bits per heavy atom. The van der Waals surface area contributed by atoms with Crippen LogP contribution in [0.1, 0.15) is 5.56 Å². The molecule has 0 saturated heterocycles. The van der Waals surface area contributed by atoms with Crippen LogP contribution in [0.2, 0.25) is 5.15 Å². The molecule has 0 saturated carbocycles. The number of amides is 1. The van der Waals surface area contributed by atoms with Crippen LogP contribution >= 0.6 is 11.6 Å². The fourth-order valence-electron chi connectivity index (χ4n) is 1.20. The van der Waals surface area contributed by atoms with Crippen LogP contribution in [0.3, 0.4) is 0 Å². The molecule has 18 heavy (non-hydrogen) atoms. The van der Waals surface area contributed by atoms with Gasteiger partial charge in [-0.3, -0.25) is 15.1 Å². The summed E-state index contributed by atoms with van der Waals surface area (Å²) in [5, 5.41) is 2.69. The van der Waals surface area contributed by atoms with Gasteiger partial charge in [0.05, 0.1) is 12.4 Å². The lowest BCUT2D eigenvalue weighted by Gasteiger charge is -1.98. The molecule has 0 aliphatic carbocycles. The lowest BCUT2D eigenvalue weighted by atomic mass is 10.2. The van der Waals surface area contributed by atoms with Crippen LogP contribution in [-0.2, 0) is 4.79 Å². The number of aromatic nitrogens is 2. The first kappa shape index (κ1) is 12.1. The molecule has 1 heterocycles. The maximum absolute atomic E-state index is 11.5. The molecule has 2 rings (SSSR count). The molecule has 1 aromatic heterocycles. The van der Waals surface area contributed by atoms with Crippen molar-refractivity contribution < 1.29 is 4.79 Å². The maximum Gasteiger partial charge on any atom is 0.301 e. The van der Waals surface area contributed by atoms with Crippen molar-refractivity contribution in [2.24, 2.45) is 0 Å². The van der Waals surface area contributed by atoms with Crippen LogP contribution in [0.25, 0.3) is 0 Å². The number of rotatable bonds is 1. The SMILES string of the molecule is O=C(C#Cc1ccccc1)Nc1cncc(Cl)n1. The molecule has 0 fully saturated rings. The minimum Gasteiger partial charge on any atom is -0.298 e. The third-order valence-corrected chi connectivity index (χ3v) is 2.12. The number of carbonyl (C=O) groups is 1. The van der Waals surface area contributed by atoms with Crippen LogP contribution in [0.15, 0.2) is 42.7 Å². The highest BCUT2D eigenvalue weighted by atomic mass is 35.5. The zero-order valence-electron chi connectivity index (χ0n) is 9.22. The first-order valence-electron chi connectivity index (χ1n) is 5.09. The zero-order chi connectivity index (χ0) is 12.8. The van der Waals surface area contributed by atoms with E-state index in [0.717, 1.165) is 5.56 Å². The van der Waals surface area contributed by atoms with Crippen LogP contribution in [-0.4, -0.2) is 15.9 Å². The highest BCUT2D eigenvalue weighted by molar-refractivity contribution is 6.29. The fraction of sp³-hybridized carbons (Fsp3) is 0. The quantitative estimate of drug-likeness (QED) is 0.796. The molecule has 0 spiro atoms. The summed E-state index contributed by atoms with van der Waals surface area (Å²) in [5.74, 6) is 5.00. The van der Waals surface area contributed by atoms with Gasteiger partial charge >= 0.3 is 5.91 Å². The summed E-state index contributed by atoms with van der Waals surface area (Å²) >= 11 is 5.64. The van der Waals surface area contributed by atoms with Gasteiger partial charge in [0.2, 0.25) is 0 Å². The minimum absolute atomic E-state index is 0.212. The van der Waals surface area contributed by atoms with Crippen LogP contribution in [0.5, 0.6) is 0 Å². The van der Waals surface area contributed by atoms with E-state index in [1.165, 1.54) is 12.4 Å². The second-order valence-corrected chi connectivity index (χ2v) is 3.68. The summed E-state index contributed by atoms with van der Waals surface area (Å²) in [7, 11) is 0. The molecule has 0 aliphatic heterocycles. The van der Waals surface area contributed by atoms with Gasteiger partial charge in [-0.2, -0.15) is 0 Å². The van der Waals surface area contributed by atoms with Crippen molar-refractivity contribution in [1.82, 2.24) is 9.97 Å². The molecular formula is C13H8ClN3O. The Morgan fingerprint density at radius 3 is 2.72 bits per heavy atom. The highest BCUT2D eigenvalue weighted by Crippen LogP contribution is 2.06. The van der Waals surface area contributed by atoms with E-state index in [2.05, 4.69) is 27.1 Å². The monoisotopic (exact) mass is 257 g/mol. The molecule has 4 nitrogen and oxygen atoms in total. The van der Waals surface area contributed by atoms with Gasteiger partial charge in [-0.25, -0.2) is 4.98 Å². The standard InChI is InChI=1S/C13H8ClN3O/c14-11-8-15-9-12(16-11)17-13(18)7-6-10-4-2-1-3-5-10/h1-5,8-9H,(H,16,17,18). The van der Waals surface area contributed by atoms with Crippen LogP contribution in [0, 0.1) is 11.8 Å². The molecule has 1 N–H and O–H groups in total. The number of benzene rings is 1. The lowest BCUT2D eigenvalue weighted by molar-refractivity contribution is -0.111. The number of nitrogens with one attached hydrogen (secondary N) is 1. The molecule has 2 aromatic rings. The summed E-state index contributed by atoms with van der Waals surface area (Å²) in [6, 6.07) is 9.22. The average molecular weight is 258 g/mol. The Kier molecular flexibility index (Phi) is 3.90. The molecule has 0 aliphatic rings. The van der Waals surface area contributed by atoms with Gasteiger partial charge < -0.3 is 0 Å². The van der Waals surface area contributed by atoms with Gasteiger partial charge in [0.15, 0.2) is 5.82 Å². The Hall–Kier alpha value is -2.38. The molecule has 0 radical (unpaired) electrons. The smallest absolute Gasteiger partial charge is 0.298 e. The lowest BCUT2D eigenvalue weighted by Crippen LogP contribution is -2.10. The second kappa shape index (κ2) is 5.80. The maximum atomic E-state index is 11.5. The number of nitrogens with zero attached hydrogens (tertiary/aromatic N) is 2. The van der Waals surface area contributed by atoms with Crippen molar-refractivity contribution >= 4 is 23.3 Å². The van der Waals surface area contributed by atoms with Gasteiger partial charge in [0.1, 0.15) is 5.15 Å². The highest BCUT2D eigenvalue weighted by Gasteiger charge is 2.00. The molecule has 88 valence electrons. The summed E-state index contributed by atoms with van der Waals surface area (Å²) in [4.78, 5) is 19.2. The zero-order valence-corrected chi connectivity index (χ0v) is 9.98. The third-order valence-electron chi connectivity index (χ3n) is 1.94. The number of hydrogen-bond donors (Lipinski definition) is 1. The molecule has 0 atom stereocenters. The first-order chi connectivity index (χ1) is 8.74. The van der Waals surface area contributed by atoms with E-state index in [-0.39, 0.29) is 11.0 Å². The van der Waals surface area contributed by atoms with Crippen LogP contribution < -0.4 is 5.32 Å². The van der Waals surface area contributed by atoms with Crippen molar-refractivity contribution in [2.45, 2.75) is 0 Å². The number of carbonyl (C=O) groups excluding carboxylic acids is 1.